The second-order valence-electron chi connectivity index (χ2n) is 13.4. The van der Waals surface area contributed by atoms with E-state index < -0.39 is 0 Å². The van der Waals surface area contributed by atoms with E-state index in [0.29, 0.717) is 0 Å². The molecule has 0 heterocycles. The third kappa shape index (κ3) is 5.16. The van der Waals surface area contributed by atoms with Crippen LogP contribution in [0.5, 0.6) is 5.75 Å². The molecule has 1 aliphatic carbocycles. The zero-order valence-corrected chi connectivity index (χ0v) is 28.8. The summed E-state index contributed by atoms with van der Waals surface area (Å²) in [5.41, 5.74) is 16.1. The highest BCUT2D eigenvalue weighted by atomic mass is 16.5. The summed E-state index contributed by atoms with van der Waals surface area (Å²) in [5, 5.41) is 5.10. The van der Waals surface area contributed by atoms with Gasteiger partial charge < -0.3 is 4.74 Å². The van der Waals surface area contributed by atoms with Crippen molar-refractivity contribution in [1.82, 2.24) is 0 Å². The van der Waals surface area contributed by atoms with E-state index in [1.807, 2.05) is 6.08 Å². The Morgan fingerprint density at radius 2 is 0.980 bits per heavy atom. The van der Waals surface area contributed by atoms with E-state index in [1.54, 1.807) is 0 Å². The summed E-state index contributed by atoms with van der Waals surface area (Å²) in [4.78, 5) is 0. The Hall–Kier alpha value is -6.18. The lowest BCUT2D eigenvalue weighted by atomic mass is 9.82. The Bertz CT molecular complexity index is 2490. The minimum Gasteiger partial charge on any atom is -0.494 e. The number of ether oxygens (including phenoxy) is 1. The van der Waals surface area contributed by atoms with Crippen LogP contribution < -0.4 is 4.74 Å². The molecule has 51 heavy (non-hydrogen) atoms. The minimum absolute atomic E-state index is 0.720. The Balaban J connectivity index is 1.42. The van der Waals surface area contributed by atoms with Gasteiger partial charge in [0.25, 0.3) is 0 Å². The van der Waals surface area contributed by atoms with Crippen molar-refractivity contribution in [2.24, 2.45) is 0 Å². The fraction of sp³-hybridized carbons (Fsp3) is 0.0800. The zero-order valence-electron chi connectivity index (χ0n) is 28.8. The van der Waals surface area contributed by atoms with Gasteiger partial charge in [-0.2, -0.15) is 0 Å². The summed E-state index contributed by atoms with van der Waals surface area (Å²) in [6.45, 7) is 6.92. The van der Waals surface area contributed by atoms with Crippen molar-refractivity contribution >= 4 is 27.6 Å². The molecule has 0 saturated heterocycles. The summed E-state index contributed by atoms with van der Waals surface area (Å²) in [6.07, 6.45) is 4.05. The molecular weight excluding hydrogens is 617 g/mol. The van der Waals surface area contributed by atoms with Gasteiger partial charge in [-0.15, -0.1) is 0 Å². The van der Waals surface area contributed by atoms with E-state index in [4.69, 9.17) is 4.74 Å². The first-order chi connectivity index (χ1) is 25.2. The molecule has 0 fully saturated rings. The predicted molar refractivity (Wildman–Crippen MR) is 218 cm³/mol. The number of benzene rings is 8. The zero-order chi connectivity index (χ0) is 34.3. The lowest BCUT2D eigenvalue weighted by Crippen LogP contribution is -1.96. The first-order valence-electron chi connectivity index (χ1n) is 18.0. The van der Waals surface area contributed by atoms with Crippen LogP contribution in [-0.2, 0) is 0 Å². The smallest absolute Gasteiger partial charge is 0.119 e. The Morgan fingerprint density at radius 3 is 1.55 bits per heavy atom. The van der Waals surface area contributed by atoms with Crippen LogP contribution in [0.4, 0.5) is 0 Å². The molecule has 1 heteroatoms. The number of hydrogen-bond acceptors (Lipinski definition) is 1. The topological polar surface area (TPSA) is 9.23 Å². The molecule has 0 amide bonds. The molecule has 0 bridgehead atoms. The van der Waals surface area contributed by atoms with Gasteiger partial charge in [-0.3, -0.25) is 0 Å². The quantitative estimate of drug-likeness (QED) is 0.141. The van der Waals surface area contributed by atoms with Gasteiger partial charge in [0, 0.05) is 0 Å². The standard InChI is InChI=1S/C50H38O/c1-3-5-31-51-38-20-14-19-37(32-38)40-28-30-44-48-43(29-27-39(47(40)48)34-25-23-33(4-2)24-26-34)49-45(35-15-8-6-9-16-35)41-21-12-13-22-42(41)46(50(44)49)36-17-10-7-11-18-36/h4,6-30,32H,2-3,5,31H2,1H3. The van der Waals surface area contributed by atoms with Gasteiger partial charge in [0.15, 0.2) is 0 Å². The number of unbranched alkanes of at least 4 members (excludes halogenated alkanes) is 1. The van der Waals surface area contributed by atoms with E-state index in [2.05, 4.69) is 171 Å². The molecule has 8 aromatic rings. The first kappa shape index (κ1) is 30.8. The van der Waals surface area contributed by atoms with Gasteiger partial charge in [0.1, 0.15) is 5.75 Å². The maximum atomic E-state index is 6.24. The molecular formula is C50H38O. The molecule has 244 valence electrons. The van der Waals surface area contributed by atoms with Gasteiger partial charge in [-0.1, -0.05) is 172 Å². The second-order valence-corrected chi connectivity index (χ2v) is 13.4. The molecule has 0 N–H and O–H groups in total. The van der Waals surface area contributed by atoms with Crippen molar-refractivity contribution in [2.75, 3.05) is 6.61 Å². The maximum absolute atomic E-state index is 6.24. The van der Waals surface area contributed by atoms with Crippen molar-refractivity contribution in [2.45, 2.75) is 19.8 Å². The summed E-state index contributed by atoms with van der Waals surface area (Å²) in [7, 11) is 0. The minimum atomic E-state index is 0.720. The maximum Gasteiger partial charge on any atom is 0.119 e. The van der Waals surface area contributed by atoms with E-state index in [1.165, 1.54) is 82.7 Å². The highest BCUT2D eigenvalue weighted by molar-refractivity contribution is 6.30. The largest absolute Gasteiger partial charge is 0.494 e. The van der Waals surface area contributed by atoms with Crippen molar-refractivity contribution in [3.05, 3.63) is 170 Å². The van der Waals surface area contributed by atoms with Crippen LogP contribution in [0.3, 0.4) is 0 Å². The van der Waals surface area contributed by atoms with Gasteiger partial charge in [-0.25, -0.2) is 0 Å². The molecule has 1 nitrogen and oxygen atoms in total. The molecule has 0 spiro atoms. The fourth-order valence-corrected chi connectivity index (χ4v) is 8.07. The van der Waals surface area contributed by atoms with Crippen LogP contribution >= 0.6 is 0 Å². The average Bonchev–Trinajstić information content (AvgIpc) is 3.52. The third-order valence-electron chi connectivity index (χ3n) is 10.4. The second kappa shape index (κ2) is 12.9. The molecule has 0 aliphatic heterocycles. The van der Waals surface area contributed by atoms with Crippen LogP contribution in [0.1, 0.15) is 25.3 Å². The van der Waals surface area contributed by atoms with Crippen LogP contribution in [-0.4, -0.2) is 6.61 Å². The van der Waals surface area contributed by atoms with Crippen molar-refractivity contribution < 1.29 is 4.74 Å². The lowest BCUT2D eigenvalue weighted by Gasteiger charge is -2.20. The first-order valence-corrected chi connectivity index (χ1v) is 18.0. The summed E-state index contributed by atoms with van der Waals surface area (Å²) in [6, 6.07) is 57.7. The summed E-state index contributed by atoms with van der Waals surface area (Å²) in [5.74, 6) is 0.911. The SMILES string of the molecule is C=Cc1ccc(-c2ccc3c4c(ccc(-c5cccc(OCCCC)c5)c24)-c2c-3c(-c3ccccc3)c3ccccc3c2-c2ccccc2)cc1. The molecule has 1 aliphatic rings. The Morgan fingerprint density at radius 1 is 0.471 bits per heavy atom. The highest BCUT2D eigenvalue weighted by Crippen LogP contribution is 2.59. The van der Waals surface area contributed by atoms with Gasteiger partial charge >= 0.3 is 0 Å². The van der Waals surface area contributed by atoms with Crippen molar-refractivity contribution in [3.63, 3.8) is 0 Å². The van der Waals surface area contributed by atoms with E-state index in [0.717, 1.165) is 36.3 Å². The van der Waals surface area contributed by atoms with Crippen LogP contribution in [0.25, 0.3) is 94.4 Å². The number of hydrogen-bond donors (Lipinski definition) is 0. The molecule has 0 unspecified atom stereocenters. The Labute approximate surface area is 300 Å². The normalized spacial score (nSPS) is 11.5. The van der Waals surface area contributed by atoms with E-state index in [-0.39, 0.29) is 0 Å². The van der Waals surface area contributed by atoms with Crippen LogP contribution in [0.15, 0.2) is 164 Å². The third-order valence-corrected chi connectivity index (χ3v) is 10.4. The van der Waals surface area contributed by atoms with Crippen molar-refractivity contribution in [1.29, 1.82) is 0 Å². The number of rotatable bonds is 9. The van der Waals surface area contributed by atoms with E-state index in [9.17, 15) is 0 Å². The molecule has 9 rings (SSSR count). The van der Waals surface area contributed by atoms with Gasteiger partial charge in [-0.05, 0) is 112 Å². The van der Waals surface area contributed by atoms with E-state index >= 15 is 0 Å². The average molecular weight is 655 g/mol. The fourth-order valence-electron chi connectivity index (χ4n) is 8.07. The van der Waals surface area contributed by atoms with Crippen molar-refractivity contribution in [3.8, 4) is 72.5 Å². The van der Waals surface area contributed by atoms with Crippen LogP contribution in [0.2, 0.25) is 0 Å². The molecule has 0 saturated carbocycles. The highest BCUT2D eigenvalue weighted by Gasteiger charge is 2.32. The lowest BCUT2D eigenvalue weighted by molar-refractivity contribution is 0.309. The molecule has 0 aromatic heterocycles. The molecule has 0 radical (unpaired) electrons. The van der Waals surface area contributed by atoms with Gasteiger partial charge in [0.2, 0.25) is 0 Å². The molecule has 8 aromatic carbocycles. The predicted octanol–water partition coefficient (Wildman–Crippen LogP) is 14.1. The molecule has 0 atom stereocenters. The monoisotopic (exact) mass is 654 g/mol. The summed E-state index contributed by atoms with van der Waals surface area (Å²) < 4.78 is 6.24. The van der Waals surface area contributed by atoms with Crippen LogP contribution in [0, 0.1) is 0 Å². The summed E-state index contributed by atoms with van der Waals surface area (Å²) >= 11 is 0. The number of fused-ring (bicyclic) bond motifs is 4. The Kier molecular flexibility index (Phi) is 7.82. The van der Waals surface area contributed by atoms with Gasteiger partial charge in [0.05, 0.1) is 6.61 Å².